The molecule has 0 saturated heterocycles. The fraction of sp³-hybridized carbons (Fsp3) is 0.304. The quantitative estimate of drug-likeness (QED) is 0.132. The number of benzene rings is 6. The second kappa shape index (κ2) is 34.5. The molecule has 8 nitrogen and oxygen atoms in total. The van der Waals surface area contributed by atoms with Crippen molar-refractivity contribution in [3.8, 4) is 23.0 Å². The van der Waals surface area contributed by atoms with Gasteiger partial charge in [-0.05, 0) is 47.2 Å². The summed E-state index contributed by atoms with van der Waals surface area (Å²) < 4.78 is 0. The van der Waals surface area contributed by atoms with Crippen LogP contribution in [0, 0.1) is 0 Å². The molecule has 0 bridgehead atoms. The first-order valence-electron chi connectivity index (χ1n) is 19.1. The van der Waals surface area contributed by atoms with Gasteiger partial charge in [0.15, 0.2) is 0 Å². The summed E-state index contributed by atoms with van der Waals surface area (Å²) in [6.45, 7) is 24.5. The fourth-order valence-corrected chi connectivity index (χ4v) is 4.00. The maximum absolute atomic E-state index is 9.94. The SMILES string of the molecule is CC.CC.CC.CC.CCC.CCC.Oc1ccccc1N=Nc1c(O)ccc2ccccc12.Oc1ccccc1N=Nc1c(O)ccc2ccccc12.[Cr]. The molecule has 55 heavy (non-hydrogen) atoms. The van der Waals surface area contributed by atoms with Gasteiger partial charge in [-0.25, -0.2) is 0 Å². The fourth-order valence-electron chi connectivity index (χ4n) is 4.00. The number of para-hydroxylation sites is 2. The minimum absolute atomic E-state index is 0. The van der Waals surface area contributed by atoms with E-state index in [1.165, 1.54) is 25.0 Å². The minimum atomic E-state index is 0. The first-order chi connectivity index (χ1) is 26.3. The molecule has 6 rings (SSSR count). The zero-order chi connectivity index (χ0) is 41.3. The summed E-state index contributed by atoms with van der Waals surface area (Å²) >= 11 is 0. The summed E-state index contributed by atoms with van der Waals surface area (Å²) in [7, 11) is 0. The van der Waals surface area contributed by atoms with Crippen LogP contribution in [-0.4, -0.2) is 20.4 Å². The van der Waals surface area contributed by atoms with Crippen molar-refractivity contribution in [3.05, 3.63) is 121 Å². The molecule has 0 unspecified atom stereocenters. The molecule has 0 fully saturated rings. The van der Waals surface area contributed by atoms with E-state index in [1.54, 1.807) is 48.5 Å². The van der Waals surface area contributed by atoms with Crippen LogP contribution in [0.25, 0.3) is 21.5 Å². The summed E-state index contributed by atoms with van der Waals surface area (Å²) in [5, 5.41) is 58.9. The first-order valence-corrected chi connectivity index (χ1v) is 19.1. The van der Waals surface area contributed by atoms with Gasteiger partial charge >= 0.3 is 0 Å². The summed E-state index contributed by atoms with van der Waals surface area (Å²) in [5.74, 6) is 0.220. The Morgan fingerprint density at radius 2 is 0.618 bits per heavy atom. The Hall–Kier alpha value is -5.23. The Bertz CT molecular complexity index is 1770. The first kappa shape index (κ1) is 54.1. The maximum Gasteiger partial charge on any atom is 0.143 e. The predicted molar refractivity (Wildman–Crippen MR) is 233 cm³/mol. The van der Waals surface area contributed by atoms with Crippen LogP contribution in [0.5, 0.6) is 23.0 Å². The third-order valence-electron chi connectivity index (χ3n) is 6.04. The van der Waals surface area contributed by atoms with Crippen LogP contribution in [-0.2, 0) is 17.4 Å². The van der Waals surface area contributed by atoms with Gasteiger partial charge in [0.05, 0.1) is 0 Å². The van der Waals surface area contributed by atoms with E-state index < -0.39 is 0 Å². The molecule has 9 heteroatoms. The number of hydrogen-bond acceptors (Lipinski definition) is 8. The van der Waals surface area contributed by atoms with Gasteiger partial charge in [-0.1, -0.05) is 181 Å². The van der Waals surface area contributed by atoms with Crippen molar-refractivity contribution < 1.29 is 37.8 Å². The summed E-state index contributed by atoms with van der Waals surface area (Å²) in [6.07, 6.45) is 2.50. The molecule has 4 N–H and O–H groups in total. The number of fused-ring (bicyclic) bond motifs is 2. The monoisotopic (exact) mass is 788 g/mol. The van der Waals surface area contributed by atoms with Crippen LogP contribution >= 0.6 is 0 Å². The molecule has 0 atom stereocenters. The minimum Gasteiger partial charge on any atom is -0.506 e. The average Bonchev–Trinajstić information content (AvgIpc) is 3.22. The number of phenolic OH excluding ortho intramolecular Hbond substituents is 4. The molecule has 0 aliphatic heterocycles. The molecular formula is C46H64CrN4O4. The Labute approximate surface area is 341 Å². The Morgan fingerprint density at radius 3 is 0.927 bits per heavy atom. The van der Waals surface area contributed by atoms with Crippen molar-refractivity contribution in [2.24, 2.45) is 20.5 Å². The third kappa shape index (κ3) is 19.1. The average molecular weight is 789 g/mol. The summed E-state index contributed by atoms with van der Waals surface area (Å²) in [6, 6.07) is 35.4. The van der Waals surface area contributed by atoms with Crippen molar-refractivity contribution in [2.45, 2.75) is 95.9 Å². The zero-order valence-electron chi connectivity index (χ0n) is 34.9. The molecule has 0 spiro atoms. The molecule has 0 aliphatic rings. The largest absolute Gasteiger partial charge is 0.506 e. The maximum atomic E-state index is 9.94. The van der Waals surface area contributed by atoms with Gasteiger partial charge in [0, 0.05) is 28.1 Å². The zero-order valence-corrected chi connectivity index (χ0v) is 36.2. The molecule has 0 saturated carbocycles. The van der Waals surface area contributed by atoms with Crippen LogP contribution < -0.4 is 0 Å². The van der Waals surface area contributed by atoms with Crippen molar-refractivity contribution in [1.82, 2.24) is 0 Å². The number of azo groups is 2. The number of nitrogens with zero attached hydrogens (tertiary/aromatic N) is 4. The van der Waals surface area contributed by atoms with E-state index in [0.29, 0.717) is 22.7 Å². The van der Waals surface area contributed by atoms with Gasteiger partial charge in [-0.15, -0.1) is 20.5 Å². The number of phenols is 4. The van der Waals surface area contributed by atoms with Gasteiger partial charge < -0.3 is 20.4 Å². The van der Waals surface area contributed by atoms with E-state index >= 15 is 0 Å². The van der Waals surface area contributed by atoms with Crippen molar-refractivity contribution >= 4 is 44.3 Å². The molecule has 0 amide bonds. The second-order valence-electron chi connectivity index (χ2n) is 10.1. The van der Waals surface area contributed by atoms with Crippen molar-refractivity contribution in [1.29, 1.82) is 0 Å². The molecule has 0 radical (unpaired) electrons. The summed E-state index contributed by atoms with van der Waals surface area (Å²) in [4.78, 5) is 0. The van der Waals surface area contributed by atoms with Crippen LogP contribution in [0.2, 0.25) is 0 Å². The van der Waals surface area contributed by atoms with E-state index in [4.69, 9.17) is 0 Å². The molecular weight excluding hydrogens is 725 g/mol. The summed E-state index contributed by atoms with van der Waals surface area (Å²) in [5.41, 5.74) is 1.51. The molecule has 6 aromatic rings. The predicted octanol–water partition coefficient (Wildman–Crippen LogP) is 16.3. The van der Waals surface area contributed by atoms with Gasteiger partial charge in [0.1, 0.15) is 45.7 Å². The van der Waals surface area contributed by atoms with Gasteiger partial charge in [0.2, 0.25) is 0 Å². The van der Waals surface area contributed by atoms with Crippen LogP contribution in [0.1, 0.15) is 95.9 Å². The van der Waals surface area contributed by atoms with Crippen LogP contribution in [0.3, 0.4) is 0 Å². The topological polar surface area (TPSA) is 130 Å². The normalized spacial score (nSPS) is 9.24. The Balaban J connectivity index is -0.000000733. The van der Waals surface area contributed by atoms with E-state index in [2.05, 4.69) is 48.2 Å². The van der Waals surface area contributed by atoms with E-state index in [-0.39, 0.29) is 40.4 Å². The molecule has 298 valence electrons. The smallest absolute Gasteiger partial charge is 0.143 e. The number of rotatable bonds is 4. The number of hydrogen-bond donors (Lipinski definition) is 4. The van der Waals surface area contributed by atoms with Gasteiger partial charge in [-0.2, -0.15) is 0 Å². The standard InChI is InChI=1S/2C16H12N2O2.2C3H8.4C2H6.Cr/c2*19-14-8-4-3-7-13(14)17-18-16-12-6-2-1-5-11(12)9-10-15(16)20;2*1-3-2;4*1-2;/h2*1-10,19-20H;2*3H2,1-2H3;4*1-2H3;. The Morgan fingerprint density at radius 1 is 0.345 bits per heavy atom. The van der Waals surface area contributed by atoms with Crippen molar-refractivity contribution in [2.75, 3.05) is 0 Å². The van der Waals surface area contributed by atoms with Gasteiger partial charge in [0.25, 0.3) is 0 Å². The van der Waals surface area contributed by atoms with E-state index in [9.17, 15) is 20.4 Å². The second-order valence-corrected chi connectivity index (χ2v) is 10.1. The Kier molecular flexibility index (Phi) is 34.0. The third-order valence-corrected chi connectivity index (χ3v) is 6.04. The van der Waals surface area contributed by atoms with E-state index in [0.717, 1.165) is 21.5 Å². The van der Waals surface area contributed by atoms with Gasteiger partial charge in [-0.3, -0.25) is 0 Å². The van der Waals surface area contributed by atoms with Crippen LogP contribution in [0.15, 0.2) is 142 Å². The van der Waals surface area contributed by atoms with Crippen LogP contribution in [0.4, 0.5) is 22.7 Å². The molecule has 6 aromatic carbocycles. The number of aromatic hydroxyl groups is 4. The molecule has 0 aliphatic carbocycles. The van der Waals surface area contributed by atoms with Crippen molar-refractivity contribution in [3.63, 3.8) is 0 Å². The molecule has 0 heterocycles. The van der Waals surface area contributed by atoms with E-state index in [1.807, 2.05) is 116 Å². The molecule has 0 aromatic heterocycles.